The number of nitrogens with zero attached hydrogens (tertiary/aromatic N) is 1. The van der Waals surface area contributed by atoms with Gasteiger partial charge in [-0.15, -0.1) is 0 Å². The largest absolute Gasteiger partial charge is 0.490 e. The Labute approximate surface area is 118 Å². The van der Waals surface area contributed by atoms with E-state index in [1.54, 1.807) is 0 Å². The molecular formula is C15H20N2O3. The fourth-order valence-corrected chi connectivity index (χ4v) is 2.98. The van der Waals surface area contributed by atoms with E-state index in [4.69, 9.17) is 15.2 Å². The van der Waals surface area contributed by atoms with Crippen LogP contribution in [-0.2, 0) is 4.79 Å². The molecule has 2 heterocycles. The molecule has 3 rings (SSSR count). The first-order chi connectivity index (χ1) is 9.74. The van der Waals surface area contributed by atoms with E-state index in [2.05, 4.69) is 11.0 Å². The van der Waals surface area contributed by atoms with Crippen LogP contribution in [0.5, 0.6) is 11.5 Å². The number of amides is 1. The maximum absolute atomic E-state index is 11.1. The van der Waals surface area contributed by atoms with Gasteiger partial charge in [0.05, 0.1) is 19.8 Å². The molecule has 5 heteroatoms. The van der Waals surface area contributed by atoms with Gasteiger partial charge in [-0.05, 0) is 37.1 Å². The van der Waals surface area contributed by atoms with E-state index in [-0.39, 0.29) is 11.9 Å². The van der Waals surface area contributed by atoms with Crippen molar-refractivity contribution in [3.8, 4) is 11.5 Å². The van der Waals surface area contributed by atoms with Gasteiger partial charge in [0.2, 0.25) is 5.91 Å². The normalized spacial score (nSPS) is 22.5. The van der Waals surface area contributed by atoms with E-state index in [0.717, 1.165) is 37.3 Å². The molecule has 1 atom stereocenters. The van der Waals surface area contributed by atoms with Crippen molar-refractivity contribution in [1.82, 2.24) is 4.90 Å². The Morgan fingerprint density at radius 2 is 2.05 bits per heavy atom. The third-order valence-corrected chi connectivity index (χ3v) is 3.88. The highest BCUT2D eigenvalue weighted by molar-refractivity contribution is 5.76. The van der Waals surface area contributed by atoms with Crippen LogP contribution in [-0.4, -0.2) is 37.1 Å². The van der Waals surface area contributed by atoms with Crippen LogP contribution in [0.1, 0.15) is 30.9 Å². The van der Waals surface area contributed by atoms with E-state index >= 15 is 0 Å². The summed E-state index contributed by atoms with van der Waals surface area (Å²) in [6, 6.07) is 6.33. The van der Waals surface area contributed by atoms with Gasteiger partial charge in [0, 0.05) is 12.5 Å². The zero-order chi connectivity index (χ0) is 13.9. The number of benzene rings is 1. The second-order valence-electron chi connectivity index (χ2n) is 5.35. The zero-order valence-corrected chi connectivity index (χ0v) is 11.5. The molecule has 1 amide bonds. The van der Waals surface area contributed by atoms with Crippen molar-refractivity contribution in [3.63, 3.8) is 0 Å². The first kappa shape index (κ1) is 13.2. The second kappa shape index (κ2) is 5.71. The predicted octanol–water partition coefficient (Wildman–Crippen LogP) is 1.47. The molecule has 0 aliphatic carbocycles. The summed E-state index contributed by atoms with van der Waals surface area (Å²) in [5.74, 6) is 1.35. The van der Waals surface area contributed by atoms with Gasteiger partial charge in [0.25, 0.3) is 0 Å². The van der Waals surface area contributed by atoms with E-state index in [0.29, 0.717) is 19.8 Å². The molecule has 1 fully saturated rings. The van der Waals surface area contributed by atoms with E-state index in [1.807, 2.05) is 12.1 Å². The predicted molar refractivity (Wildman–Crippen MR) is 74.8 cm³/mol. The number of likely N-dealkylation sites (tertiary alicyclic amines) is 1. The Balaban J connectivity index is 1.82. The SMILES string of the molecule is NC(=O)CN1CCC[C@@H]1c1ccc2c(c1)OCCCO2. The lowest BCUT2D eigenvalue weighted by Gasteiger charge is -2.24. The number of rotatable bonds is 3. The van der Waals surface area contributed by atoms with E-state index in [9.17, 15) is 4.79 Å². The monoisotopic (exact) mass is 276 g/mol. The first-order valence-electron chi connectivity index (χ1n) is 7.16. The van der Waals surface area contributed by atoms with E-state index < -0.39 is 0 Å². The molecule has 2 N–H and O–H groups in total. The van der Waals surface area contributed by atoms with Gasteiger partial charge >= 0.3 is 0 Å². The molecule has 2 aliphatic heterocycles. The Morgan fingerprint density at radius 3 is 2.85 bits per heavy atom. The smallest absolute Gasteiger partial charge is 0.231 e. The van der Waals surface area contributed by atoms with Gasteiger partial charge in [-0.1, -0.05) is 6.07 Å². The molecule has 1 aromatic carbocycles. The minimum atomic E-state index is -0.272. The molecule has 5 nitrogen and oxygen atoms in total. The average Bonchev–Trinajstić information content (AvgIpc) is 2.74. The van der Waals surface area contributed by atoms with Crippen LogP contribution in [0.4, 0.5) is 0 Å². The van der Waals surface area contributed by atoms with Crippen LogP contribution >= 0.6 is 0 Å². The van der Waals surface area contributed by atoms with Gasteiger partial charge in [-0.2, -0.15) is 0 Å². The van der Waals surface area contributed by atoms with Crippen molar-refractivity contribution in [2.45, 2.75) is 25.3 Å². The number of carbonyl (C=O) groups excluding carboxylic acids is 1. The summed E-state index contributed by atoms with van der Waals surface area (Å²) in [4.78, 5) is 13.3. The molecule has 2 aliphatic rings. The molecule has 0 bridgehead atoms. The molecular weight excluding hydrogens is 256 g/mol. The van der Waals surface area contributed by atoms with Crippen molar-refractivity contribution in [3.05, 3.63) is 23.8 Å². The van der Waals surface area contributed by atoms with Crippen LogP contribution in [0.2, 0.25) is 0 Å². The minimum absolute atomic E-state index is 0.250. The van der Waals surface area contributed by atoms with Crippen molar-refractivity contribution < 1.29 is 14.3 Å². The fraction of sp³-hybridized carbons (Fsp3) is 0.533. The van der Waals surface area contributed by atoms with Crippen LogP contribution in [0.3, 0.4) is 0 Å². The van der Waals surface area contributed by atoms with Crippen molar-refractivity contribution in [1.29, 1.82) is 0 Å². The Hall–Kier alpha value is -1.75. The molecule has 0 radical (unpaired) electrons. The summed E-state index contributed by atoms with van der Waals surface area (Å²) in [7, 11) is 0. The number of hydrogen-bond acceptors (Lipinski definition) is 4. The molecule has 1 saturated heterocycles. The molecule has 0 saturated carbocycles. The number of primary amides is 1. The van der Waals surface area contributed by atoms with E-state index in [1.165, 1.54) is 5.56 Å². The van der Waals surface area contributed by atoms with Crippen LogP contribution in [0.15, 0.2) is 18.2 Å². The molecule has 0 spiro atoms. The van der Waals surface area contributed by atoms with Crippen molar-refractivity contribution in [2.75, 3.05) is 26.3 Å². The first-order valence-corrected chi connectivity index (χ1v) is 7.16. The third-order valence-electron chi connectivity index (χ3n) is 3.88. The summed E-state index contributed by atoms with van der Waals surface area (Å²) >= 11 is 0. The molecule has 0 aromatic heterocycles. The summed E-state index contributed by atoms with van der Waals surface area (Å²) in [5, 5.41) is 0. The van der Waals surface area contributed by atoms with Crippen LogP contribution < -0.4 is 15.2 Å². The van der Waals surface area contributed by atoms with Gasteiger partial charge in [0.1, 0.15) is 0 Å². The third kappa shape index (κ3) is 2.72. The Kier molecular flexibility index (Phi) is 3.78. The number of hydrogen-bond donors (Lipinski definition) is 1. The topological polar surface area (TPSA) is 64.8 Å². The molecule has 1 aromatic rings. The maximum atomic E-state index is 11.1. The van der Waals surface area contributed by atoms with Gasteiger partial charge < -0.3 is 15.2 Å². The molecule has 20 heavy (non-hydrogen) atoms. The Bertz CT molecular complexity index is 504. The highest BCUT2D eigenvalue weighted by Crippen LogP contribution is 2.37. The quantitative estimate of drug-likeness (QED) is 0.908. The number of carbonyl (C=O) groups is 1. The summed E-state index contributed by atoms with van der Waals surface area (Å²) in [6.07, 6.45) is 3.04. The standard InChI is InChI=1S/C15H20N2O3/c16-15(18)10-17-6-1-3-12(17)11-4-5-13-14(9-11)20-8-2-7-19-13/h4-5,9,12H,1-3,6-8,10H2,(H2,16,18)/t12-/m1/s1. The van der Waals surface area contributed by atoms with Crippen molar-refractivity contribution in [2.24, 2.45) is 5.73 Å². The van der Waals surface area contributed by atoms with Gasteiger partial charge in [-0.3, -0.25) is 9.69 Å². The number of fused-ring (bicyclic) bond motifs is 1. The molecule has 0 unspecified atom stereocenters. The summed E-state index contributed by atoms with van der Waals surface area (Å²) < 4.78 is 11.4. The lowest BCUT2D eigenvalue weighted by Crippen LogP contribution is -2.33. The maximum Gasteiger partial charge on any atom is 0.231 e. The van der Waals surface area contributed by atoms with Crippen LogP contribution in [0.25, 0.3) is 0 Å². The van der Waals surface area contributed by atoms with Gasteiger partial charge in [0.15, 0.2) is 11.5 Å². The number of ether oxygens (including phenoxy) is 2. The summed E-state index contributed by atoms with van der Waals surface area (Å²) in [5.41, 5.74) is 6.49. The minimum Gasteiger partial charge on any atom is -0.490 e. The summed E-state index contributed by atoms with van der Waals surface area (Å²) in [6.45, 7) is 2.62. The zero-order valence-electron chi connectivity index (χ0n) is 11.5. The fourth-order valence-electron chi connectivity index (χ4n) is 2.98. The Morgan fingerprint density at radius 1 is 1.25 bits per heavy atom. The van der Waals surface area contributed by atoms with Crippen molar-refractivity contribution >= 4 is 5.91 Å². The highest BCUT2D eigenvalue weighted by Gasteiger charge is 2.27. The highest BCUT2D eigenvalue weighted by atomic mass is 16.5. The molecule has 108 valence electrons. The second-order valence-corrected chi connectivity index (χ2v) is 5.35. The number of nitrogens with two attached hydrogens (primary N) is 1. The average molecular weight is 276 g/mol. The van der Waals surface area contributed by atoms with Crippen LogP contribution in [0, 0.1) is 0 Å². The lowest BCUT2D eigenvalue weighted by molar-refractivity contribution is -0.119. The lowest BCUT2D eigenvalue weighted by atomic mass is 10.0. The van der Waals surface area contributed by atoms with Gasteiger partial charge in [-0.25, -0.2) is 0 Å².